The highest BCUT2D eigenvalue weighted by atomic mass is 16.5. The van der Waals surface area contributed by atoms with Gasteiger partial charge in [-0.15, -0.1) is 0 Å². The van der Waals surface area contributed by atoms with Gasteiger partial charge in [-0.2, -0.15) is 0 Å². The van der Waals surface area contributed by atoms with Gasteiger partial charge in [0.1, 0.15) is 12.4 Å². The van der Waals surface area contributed by atoms with Crippen LogP contribution in [0.4, 0.5) is 0 Å². The van der Waals surface area contributed by atoms with Crippen LogP contribution in [0.3, 0.4) is 0 Å². The molecule has 2 N–H and O–H groups in total. The van der Waals surface area contributed by atoms with Crippen LogP contribution in [0.5, 0.6) is 5.75 Å². The van der Waals surface area contributed by atoms with Gasteiger partial charge >= 0.3 is 0 Å². The van der Waals surface area contributed by atoms with E-state index in [4.69, 9.17) is 9.84 Å². The number of fused-ring (bicyclic) bond motifs is 2. The molecule has 0 bridgehead atoms. The Balaban J connectivity index is 1.96. The molecule has 5 nitrogen and oxygen atoms in total. The number of aliphatic hydroxyl groups is 1. The van der Waals surface area contributed by atoms with Crippen molar-refractivity contribution in [1.82, 2.24) is 10.2 Å². The largest absolute Gasteiger partial charge is 0.488 e. The third-order valence-corrected chi connectivity index (χ3v) is 4.75. The first kappa shape index (κ1) is 20.1. The fourth-order valence-corrected chi connectivity index (χ4v) is 3.36. The van der Waals surface area contributed by atoms with E-state index >= 15 is 0 Å². The van der Waals surface area contributed by atoms with Crippen LogP contribution in [0, 0.1) is 0 Å². The van der Waals surface area contributed by atoms with Gasteiger partial charge in [0.15, 0.2) is 0 Å². The lowest BCUT2D eigenvalue weighted by molar-refractivity contribution is -0.120. The normalized spacial score (nSPS) is 14.2. The predicted molar refractivity (Wildman–Crippen MR) is 111 cm³/mol. The van der Waals surface area contributed by atoms with Crippen LogP contribution in [0.2, 0.25) is 0 Å². The van der Waals surface area contributed by atoms with Crippen LogP contribution in [0.1, 0.15) is 28.7 Å². The van der Waals surface area contributed by atoms with Crippen LogP contribution in [-0.4, -0.2) is 49.7 Å². The van der Waals surface area contributed by atoms with Crippen LogP contribution in [-0.2, 0) is 17.8 Å². The van der Waals surface area contributed by atoms with Crippen LogP contribution < -0.4 is 10.1 Å². The quantitative estimate of drug-likeness (QED) is 0.775. The van der Waals surface area contributed by atoms with E-state index in [2.05, 4.69) is 54.7 Å². The van der Waals surface area contributed by atoms with E-state index in [9.17, 15) is 4.79 Å². The molecule has 2 aromatic rings. The maximum absolute atomic E-state index is 12.1. The zero-order chi connectivity index (χ0) is 19.9. The van der Waals surface area contributed by atoms with Crippen molar-refractivity contribution < 1.29 is 14.6 Å². The summed E-state index contributed by atoms with van der Waals surface area (Å²) in [6, 6.07) is 14.3. The molecule has 1 aliphatic heterocycles. The Kier molecular flexibility index (Phi) is 6.85. The zero-order valence-corrected chi connectivity index (χ0v) is 16.6. The van der Waals surface area contributed by atoms with E-state index in [1.807, 2.05) is 18.2 Å². The molecular weight excluding hydrogens is 352 g/mol. The number of ether oxygens (including phenoxy) is 1. The summed E-state index contributed by atoms with van der Waals surface area (Å²) in [6.07, 6.45) is 3.47. The Morgan fingerprint density at radius 3 is 2.82 bits per heavy atom. The van der Waals surface area contributed by atoms with Crippen molar-refractivity contribution in [2.45, 2.75) is 19.4 Å². The molecule has 1 aliphatic rings. The fourth-order valence-electron chi connectivity index (χ4n) is 3.36. The number of carbonyl (C=O) groups excluding carboxylic acids is 1. The van der Waals surface area contributed by atoms with Gasteiger partial charge in [0.25, 0.3) is 0 Å². The van der Waals surface area contributed by atoms with E-state index in [0.29, 0.717) is 6.61 Å². The molecule has 0 aromatic heterocycles. The van der Waals surface area contributed by atoms with Gasteiger partial charge in [-0.3, -0.25) is 4.79 Å². The fraction of sp³-hybridized carbons (Fsp3) is 0.348. The number of aliphatic hydroxyl groups excluding tert-OH is 1. The monoisotopic (exact) mass is 380 g/mol. The standard InChI is InChI=1S/C23H28N2O3/c1-25(2)12-5-8-20-19-7-4-3-6-18(19)16-28-22-10-9-17(14-21(20)22)15-23(27)24-11-13-26/h3-4,6-10,14,26H,5,11-13,15-16H2,1-2H3,(H,24,27). The summed E-state index contributed by atoms with van der Waals surface area (Å²) in [5, 5.41) is 11.6. The van der Waals surface area contributed by atoms with Crippen molar-refractivity contribution in [2.75, 3.05) is 33.8 Å². The Labute approximate surface area is 166 Å². The highest BCUT2D eigenvalue weighted by Crippen LogP contribution is 2.37. The molecule has 0 saturated carbocycles. The van der Waals surface area contributed by atoms with Gasteiger partial charge in [-0.1, -0.05) is 36.4 Å². The Hall–Kier alpha value is -2.63. The third kappa shape index (κ3) is 5.00. The zero-order valence-electron chi connectivity index (χ0n) is 16.6. The van der Waals surface area contributed by atoms with Crippen molar-refractivity contribution in [3.05, 3.63) is 70.8 Å². The Morgan fingerprint density at radius 2 is 2.04 bits per heavy atom. The molecule has 5 heteroatoms. The minimum atomic E-state index is -0.0953. The second kappa shape index (κ2) is 9.53. The first-order chi connectivity index (χ1) is 13.6. The average Bonchev–Trinajstić information content (AvgIpc) is 2.83. The van der Waals surface area contributed by atoms with Crippen LogP contribution in [0.25, 0.3) is 5.57 Å². The molecule has 3 rings (SSSR count). The number of hydrogen-bond donors (Lipinski definition) is 2. The smallest absolute Gasteiger partial charge is 0.224 e. The third-order valence-electron chi connectivity index (χ3n) is 4.75. The number of nitrogens with zero attached hydrogens (tertiary/aromatic N) is 1. The number of amides is 1. The van der Waals surface area contributed by atoms with Gasteiger partial charge < -0.3 is 20.1 Å². The van der Waals surface area contributed by atoms with Gasteiger partial charge in [0.05, 0.1) is 13.0 Å². The summed E-state index contributed by atoms with van der Waals surface area (Å²) < 4.78 is 6.07. The average molecular weight is 380 g/mol. The molecular formula is C23H28N2O3. The predicted octanol–water partition coefficient (Wildman–Crippen LogP) is 2.61. The molecule has 0 unspecified atom stereocenters. The van der Waals surface area contributed by atoms with Crippen molar-refractivity contribution in [3.8, 4) is 5.75 Å². The van der Waals surface area contributed by atoms with Crippen LogP contribution >= 0.6 is 0 Å². The summed E-state index contributed by atoms with van der Waals surface area (Å²) >= 11 is 0. The first-order valence-corrected chi connectivity index (χ1v) is 9.65. The van der Waals surface area contributed by atoms with Gasteiger partial charge in [-0.25, -0.2) is 0 Å². The van der Waals surface area contributed by atoms with Crippen molar-refractivity contribution in [2.24, 2.45) is 0 Å². The summed E-state index contributed by atoms with van der Waals surface area (Å²) in [5.41, 5.74) is 5.45. The summed E-state index contributed by atoms with van der Waals surface area (Å²) in [7, 11) is 4.14. The lowest BCUT2D eigenvalue weighted by Crippen LogP contribution is -2.27. The van der Waals surface area contributed by atoms with E-state index in [1.165, 1.54) is 5.56 Å². The van der Waals surface area contributed by atoms with Crippen LogP contribution in [0.15, 0.2) is 48.5 Å². The number of rotatable bonds is 7. The highest BCUT2D eigenvalue weighted by molar-refractivity contribution is 5.86. The molecule has 0 saturated heterocycles. The topological polar surface area (TPSA) is 61.8 Å². The number of benzene rings is 2. The molecule has 2 aromatic carbocycles. The van der Waals surface area contributed by atoms with E-state index < -0.39 is 0 Å². The molecule has 0 radical (unpaired) electrons. The number of nitrogens with one attached hydrogen (secondary N) is 1. The molecule has 28 heavy (non-hydrogen) atoms. The van der Waals surface area contributed by atoms with Gasteiger partial charge in [-0.05, 0) is 54.9 Å². The lowest BCUT2D eigenvalue weighted by atomic mass is 9.92. The van der Waals surface area contributed by atoms with Gasteiger partial charge in [0, 0.05) is 18.7 Å². The maximum Gasteiger partial charge on any atom is 0.224 e. The molecule has 148 valence electrons. The molecule has 1 heterocycles. The SMILES string of the molecule is CN(C)CCC=C1c2ccccc2COc2ccc(CC(=O)NCCO)cc21. The highest BCUT2D eigenvalue weighted by Gasteiger charge is 2.19. The minimum Gasteiger partial charge on any atom is -0.488 e. The molecule has 0 spiro atoms. The molecule has 0 atom stereocenters. The number of hydrogen-bond acceptors (Lipinski definition) is 4. The Bertz CT molecular complexity index is 859. The van der Waals surface area contributed by atoms with E-state index in [-0.39, 0.29) is 25.5 Å². The Morgan fingerprint density at radius 1 is 1.21 bits per heavy atom. The molecule has 0 aliphatic carbocycles. The second-order valence-corrected chi connectivity index (χ2v) is 7.24. The van der Waals surface area contributed by atoms with E-state index in [1.54, 1.807) is 0 Å². The first-order valence-electron chi connectivity index (χ1n) is 9.65. The van der Waals surface area contributed by atoms with Crippen molar-refractivity contribution in [3.63, 3.8) is 0 Å². The summed E-state index contributed by atoms with van der Waals surface area (Å²) in [6.45, 7) is 1.71. The lowest BCUT2D eigenvalue weighted by Gasteiger charge is -2.14. The molecule has 1 amide bonds. The minimum absolute atomic E-state index is 0.0562. The van der Waals surface area contributed by atoms with E-state index in [0.717, 1.165) is 41.0 Å². The van der Waals surface area contributed by atoms with Gasteiger partial charge in [0.2, 0.25) is 5.91 Å². The second-order valence-electron chi connectivity index (χ2n) is 7.24. The van der Waals surface area contributed by atoms with Crippen molar-refractivity contribution >= 4 is 11.5 Å². The van der Waals surface area contributed by atoms with Crippen molar-refractivity contribution in [1.29, 1.82) is 0 Å². The summed E-state index contributed by atoms with van der Waals surface area (Å²) in [5.74, 6) is 0.744. The molecule has 0 fully saturated rings. The number of carbonyl (C=O) groups is 1. The maximum atomic E-state index is 12.1. The summed E-state index contributed by atoms with van der Waals surface area (Å²) in [4.78, 5) is 14.2.